The van der Waals surface area contributed by atoms with Crippen LogP contribution in [0, 0.1) is 0 Å². The summed E-state index contributed by atoms with van der Waals surface area (Å²) in [6.07, 6.45) is 3.97. The molecule has 8 heteroatoms. The minimum absolute atomic E-state index is 0.00940. The van der Waals surface area contributed by atoms with E-state index < -0.39 is 0 Å². The van der Waals surface area contributed by atoms with Gasteiger partial charge in [0.1, 0.15) is 11.5 Å². The minimum atomic E-state index is -0.301. The van der Waals surface area contributed by atoms with Crippen LogP contribution in [-0.4, -0.2) is 51.9 Å². The average molecular weight is 353 g/mol. The predicted molar refractivity (Wildman–Crippen MR) is 93.2 cm³/mol. The van der Waals surface area contributed by atoms with Crippen LogP contribution in [0.15, 0.2) is 24.5 Å². The van der Waals surface area contributed by atoms with Crippen LogP contribution in [0.3, 0.4) is 0 Å². The molecule has 0 spiro atoms. The lowest BCUT2D eigenvalue weighted by Gasteiger charge is -2.15. The normalized spacial score (nSPS) is 12.0. The van der Waals surface area contributed by atoms with E-state index in [0.717, 1.165) is 17.5 Å². The Kier molecular flexibility index (Phi) is 6.60. The fraction of sp³-hybridized carbons (Fsp3) is 0.375. The van der Waals surface area contributed by atoms with Crippen molar-refractivity contribution in [3.05, 3.63) is 35.2 Å². The molecule has 0 bridgehead atoms. The molecule has 2 heterocycles. The molecule has 0 aromatic carbocycles. The SMILES string of the molecule is CC[C@@H](CO)Nc1cc(-c2c[nH]c(C(=O)NCCO)c2)c(Cl)cn1. The van der Waals surface area contributed by atoms with Crippen LogP contribution in [0.2, 0.25) is 5.02 Å². The fourth-order valence-corrected chi connectivity index (χ4v) is 2.38. The number of pyridine rings is 1. The second-order valence-electron chi connectivity index (χ2n) is 5.26. The number of rotatable bonds is 8. The van der Waals surface area contributed by atoms with Crippen molar-refractivity contribution in [1.82, 2.24) is 15.3 Å². The summed E-state index contributed by atoms with van der Waals surface area (Å²) >= 11 is 6.22. The molecule has 0 aliphatic rings. The Hall–Kier alpha value is -2.09. The highest BCUT2D eigenvalue weighted by Crippen LogP contribution is 2.30. The quantitative estimate of drug-likeness (QED) is 0.496. The van der Waals surface area contributed by atoms with Crippen LogP contribution in [0.4, 0.5) is 5.82 Å². The number of H-pyrrole nitrogens is 1. The summed E-state index contributed by atoms with van der Waals surface area (Å²) < 4.78 is 0. The summed E-state index contributed by atoms with van der Waals surface area (Å²) in [6.45, 7) is 2.05. The number of nitrogens with one attached hydrogen (secondary N) is 3. The molecular formula is C16H21ClN4O3. The molecule has 2 rings (SSSR count). The zero-order valence-corrected chi connectivity index (χ0v) is 14.1. The van der Waals surface area contributed by atoms with Gasteiger partial charge >= 0.3 is 0 Å². The molecule has 24 heavy (non-hydrogen) atoms. The molecule has 0 unspecified atom stereocenters. The lowest BCUT2D eigenvalue weighted by molar-refractivity contribution is 0.0940. The summed E-state index contributed by atoms with van der Waals surface area (Å²) in [5.41, 5.74) is 1.85. The van der Waals surface area contributed by atoms with Gasteiger partial charge in [0.05, 0.1) is 24.3 Å². The van der Waals surface area contributed by atoms with Crippen molar-refractivity contribution in [3.63, 3.8) is 0 Å². The standard InChI is InChI=1S/C16H21ClN4O3/c1-2-11(9-23)21-15-6-12(13(17)8-20-15)10-5-14(19-7-10)16(24)18-3-4-22/h5-8,11,19,22-23H,2-4,9H2,1H3,(H,18,24)(H,20,21)/t11-/m0/s1. The Bertz CT molecular complexity index is 686. The first kappa shape index (κ1) is 18.3. The molecule has 5 N–H and O–H groups in total. The van der Waals surface area contributed by atoms with Crippen LogP contribution in [0.1, 0.15) is 23.8 Å². The van der Waals surface area contributed by atoms with Gasteiger partial charge in [0.15, 0.2) is 0 Å². The largest absolute Gasteiger partial charge is 0.395 e. The van der Waals surface area contributed by atoms with Gasteiger partial charge in [-0.1, -0.05) is 18.5 Å². The summed E-state index contributed by atoms with van der Waals surface area (Å²) in [4.78, 5) is 19.0. The third-order valence-electron chi connectivity index (χ3n) is 3.56. The van der Waals surface area contributed by atoms with Crippen LogP contribution in [0.25, 0.3) is 11.1 Å². The first-order chi connectivity index (χ1) is 11.6. The number of aromatic amines is 1. The van der Waals surface area contributed by atoms with E-state index >= 15 is 0 Å². The first-order valence-electron chi connectivity index (χ1n) is 7.69. The number of amides is 1. The number of halogens is 1. The average Bonchev–Trinajstić information content (AvgIpc) is 3.08. The van der Waals surface area contributed by atoms with E-state index in [0.29, 0.717) is 16.5 Å². The van der Waals surface area contributed by atoms with E-state index in [1.807, 2.05) is 6.92 Å². The molecule has 0 aliphatic carbocycles. The summed E-state index contributed by atoms with van der Waals surface area (Å²) in [7, 11) is 0. The van der Waals surface area contributed by atoms with Gasteiger partial charge in [0.2, 0.25) is 0 Å². The molecule has 0 saturated heterocycles. The molecule has 0 saturated carbocycles. The molecule has 7 nitrogen and oxygen atoms in total. The van der Waals surface area contributed by atoms with Crippen molar-refractivity contribution in [1.29, 1.82) is 0 Å². The predicted octanol–water partition coefficient (Wildman–Crippen LogP) is 1.63. The number of aliphatic hydroxyl groups is 2. The van der Waals surface area contributed by atoms with Crippen molar-refractivity contribution < 1.29 is 15.0 Å². The Labute approximate surface area is 145 Å². The van der Waals surface area contributed by atoms with Gasteiger partial charge in [-0.3, -0.25) is 4.79 Å². The Balaban J connectivity index is 2.22. The van der Waals surface area contributed by atoms with Gasteiger partial charge < -0.3 is 25.8 Å². The minimum Gasteiger partial charge on any atom is -0.395 e. The molecular weight excluding hydrogens is 332 g/mol. The van der Waals surface area contributed by atoms with Gasteiger partial charge in [0, 0.05) is 30.1 Å². The van der Waals surface area contributed by atoms with Crippen LogP contribution < -0.4 is 10.6 Å². The number of aromatic nitrogens is 2. The van der Waals surface area contributed by atoms with Gasteiger partial charge in [-0.05, 0) is 18.6 Å². The number of aliphatic hydroxyl groups excluding tert-OH is 2. The van der Waals surface area contributed by atoms with Gasteiger partial charge in [-0.25, -0.2) is 4.98 Å². The number of hydrogen-bond acceptors (Lipinski definition) is 5. The summed E-state index contributed by atoms with van der Waals surface area (Å²) in [5, 5.41) is 24.2. The highest BCUT2D eigenvalue weighted by Gasteiger charge is 2.13. The fourth-order valence-electron chi connectivity index (χ4n) is 2.17. The maximum atomic E-state index is 11.9. The van der Waals surface area contributed by atoms with Gasteiger partial charge in [-0.2, -0.15) is 0 Å². The van der Waals surface area contributed by atoms with Crippen LogP contribution >= 0.6 is 11.6 Å². The maximum Gasteiger partial charge on any atom is 0.267 e. The molecule has 130 valence electrons. The van der Waals surface area contributed by atoms with Crippen molar-refractivity contribution in [3.8, 4) is 11.1 Å². The van der Waals surface area contributed by atoms with Crippen LogP contribution in [0.5, 0.6) is 0 Å². The zero-order valence-electron chi connectivity index (χ0n) is 13.3. The zero-order chi connectivity index (χ0) is 17.5. The molecule has 2 aromatic heterocycles. The highest BCUT2D eigenvalue weighted by atomic mass is 35.5. The monoisotopic (exact) mass is 352 g/mol. The lowest BCUT2D eigenvalue weighted by atomic mass is 10.1. The van der Waals surface area contributed by atoms with Gasteiger partial charge in [-0.15, -0.1) is 0 Å². The number of nitrogens with zero attached hydrogens (tertiary/aromatic N) is 1. The Morgan fingerprint density at radius 3 is 2.88 bits per heavy atom. The number of anilines is 1. The molecule has 0 fully saturated rings. The van der Waals surface area contributed by atoms with Crippen LogP contribution in [-0.2, 0) is 0 Å². The van der Waals surface area contributed by atoms with E-state index in [2.05, 4.69) is 20.6 Å². The second kappa shape index (κ2) is 8.68. The first-order valence-corrected chi connectivity index (χ1v) is 8.07. The number of carbonyl (C=O) groups excluding carboxylic acids is 1. The van der Waals surface area contributed by atoms with Crippen molar-refractivity contribution >= 4 is 23.3 Å². The Morgan fingerprint density at radius 1 is 1.42 bits per heavy atom. The summed E-state index contributed by atoms with van der Waals surface area (Å²) in [5.74, 6) is 0.299. The van der Waals surface area contributed by atoms with E-state index in [1.54, 1.807) is 18.3 Å². The lowest BCUT2D eigenvalue weighted by Crippen LogP contribution is -2.26. The van der Waals surface area contributed by atoms with E-state index in [9.17, 15) is 9.90 Å². The van der Waals surface area contributed by atoms with Gasteiger partial charge in [0.25, 0.3) is 5.91 Å². The van der Waals surface area contributed by atoms with E-state index in [4.69, 9.17) is 16.7 Å². The smallest absolute Gasteiger partial charge is 0.267 e. The Morgan fingerprint density at radius 2 is 2.21 bits per heavy atom. The van der Waals surface area contributed by atoms with Crippen molar-refractivity contribution in [2.24, 2.45) is 0 Å². The molecule has 2 aromatic rings. The number of hydrogen-bond donors (Lipinski definition) is 5. The van der Waals surface area contributed by atoms with Crippen molar-refractivity contribution in [2.45, 2.75) is 19.4 Å². The van der Waals surface area contributed by atoms with E-state index in [-0.39, 0.29) is 31.7 Å². The molecule has 1 atom stereocenters. The molecule has 0 radical (unpaired) electrons. The third kappa shape index (κ3) is 4.47. The third-order valence-corrected chi connectivity index (χ3v) is 3.86. The molecule has 0 aliphatic heterocycles. The number of carbonyl (C=O) groups is 1. The van der Waals surface area contributed by atoms with E-state index in [1.165, 1.54) is 6.20 Å². The van der Waals surface area contributed by atoms with Crippen molar-refractivity contribution in [2.75, 3.05) is 25.1 Å². The molecule has 1 amide bonds. The maximum absolute atomic E-state index is 11.9. The summed E-state index contributed by atoms with van der Waals surface area (Å²) in [6, 6.07) is 3.37. The highest BCUT2D eigenvalue weighted by molar-refractivity contribution is 6.33. The topological polar surface area (TPSA) is 110 Å². The second-order valence-corrected chi connectivity index (χ2v) is 5.67.